The molecule has 0 saturated heterocycles. The third kappa shape index (κ3) is 3.45. The van der Waals surface area contributed by atoms with Gasteiger partial charge in [0, 0.05) is 12.6 Å². The van der Waals surface area contributed by atoms with Crippen LogP contribution in [0, 0.1) is 0 Å². The van der Waals surface area contributed by atoms with Gasteiger partial charge in [-0.3, -0.25) is 4.79 Å². The second kappa shape index (κ2) is 5.84. The van der Waals surface area contributed by atoms with Gasteiger partial charge in [0.15, 0.2) is 5.69 Å². The Bertz CT molecular complexity index is 452. The van der Waals surface area contributed by atoms with Crippen LogP contribution in [0.4, 0.5) is 0 Å². The van der Waals surface area contributed by atoms with Gasteiger partial charge in [0.25, 0.3) is 5.91 Å². The van der Waals surface area contributed by atoms with Crippen LogP contribution in [0.15, 0.2) is 47.2 Å². The number of nitrogens with zero attached hydrogens (tertiary/aromatic N) is 1. The Morgan fingerprint density at radius 1 is 1.24 bits per heavy atom. The summed E-state index contributed by atoms with van der Waals surface area (Å²) in [6.45, 7) is 0.639. The summed E-state index contributed by atoms with van der Waals surface area (Å²) in [6, 6.07) is 11.7. The summed E-state index contributed by atoms with van der Waals surface area (Å²) < 4.78 is 4.60. The van der Waals surface area contributed by atoms with Gasteiger partial charge in [-0.2, -0.15) is 0 Å². The maximum absolute atomic E-state index is 11.5. The number of hydrogen-bond donors (Lipinski definition) is 1. The first-order chi connectivity index (χ1) is 8.36. The molecule has 1 aromatic heterocycles. The molecular formula is C13H14N2O2. The lowest BCUT2D eigenvalue weighted by Crippen LogP contribution is -2.24. The zero-order valence-electron chi connectivity index (χ0n) is 9.43. The van der Waals surface area contributed by atoms with Crippen LogP contribution in [-0.2, 0) is 6.42 Å². The van der Waals surface area contributed by atoms with Crippen LogP contribution in [0.5, 0.6) is 0 Å². The minimum atomic E-state index is -0.188. The van der Waals surface area contributed by atoms with E-state index in [0.717, 1.165) is 12.8 Å². The van der Waals surface area contributed by atoms with Crippen molar-refractivity contribution in [2.24, 2.45) is 0 Å². The predicted molar refractivity (Wildman–Crippen MR) is 63.6 cm³/mol. The van der Waals surface area contributed by atoms with Crippen molar-refractivity contribution in [2.75, 3.05) is 6.54 Å². The smallest absolute Gasteiger partial charge is 0.273 e. The van der Waals surface area contributed by atoms with Gasteiger partial charge in [0.1, 0.15) is 6.26 Å². The van der Waals surface area contributed by atoms with Crippen molar-refractivity contribution in [3.8, 4) is 0 Å². The minimum absolute atomic E-state index is 0.188. The van der Waals surface area contributed by atoms with E-state index in [1.165, 1.54) is 11.8 Å². The standard InChI is InChI=1S/C13H14N2O2/c16-13(12-8-10-17-15-12)14-9-4-7-11-5-2-1-3-6-11/h1-3,5-6,8,10H,4,7,9H2,(H,14,16). The normalized spacial score (nSPS) is 10.1. The van der Waals surface area contributed by atoms with Crippen molar-refractivity contribution in [1.29, 1.82) is 0 Å². The Labute approximate surface area is 99.6 Å². The van der Waals surface area contributed by atoms with Gasteiger partial charge in [0.05, 0.1) is 0 Å². The molecule has 2 aromatic rings. The van der Waals surface area contributed by atoms with Crippen LogP contribution >= 0.6 is 0 Å². The maximum Gasteiger partial charge on any atom is 0.273 e. The number of nitrogens with one attached hydrogen (secondary N) is 1. The fraction of sp³-hybridized carbons (Fsp3) is 0.231. The largest absolute Gasteiger partial charge is 0.364 e. The third-order valence-corrected chi connectivity index (χ3v) is 2.44. The topological polar surface area (TPSA) is 55.1 Å². The minimum Gasteiger partial charge on any atom is -0.364 e. The summed E-state index contributed by atoms with van der Waals surface area (Å²) in [7, 11) is 0. The molecule has 1 aromatic carbocycles. The molecule has 17 heavy (non-hydrogen) atoms. The zero-order chi connectivity index (χ0) is 11.9. The Balaban J connectivity index is 1.69. The molecular weight excluding hydrogens is 216 g/mol. The molecule has 0 atom stereocenters. The lowest BCUT2D eigenvalue weighted by molar-refractivity contribution is 0.0944. The van der Waals surface area contributed by atoms with Crippen molar-refractivity contribution < 1.29 is 9.32 Å². The summed E-state index contributed by atoms with van der Waals surface area (Å²) in [5, 5.41) is 6.36. The van der Waals surface area contributed by atoms with Crippen LogP contribution < -0.4 is 5.32 Å². The molecule has 0 aliphatic rings. The first kappa shape index (κ1) is 11.4. The highest BCUT2D eigenvalue weighted by atomic mass is 16.5. The van der Waals surface area contributed by atoms with Crippen LogP contribution in [-0.4, -0.2) is 17.6 Å². The Hall–Kier alpha value is -2.10. The number of aryl methyl sites for hydroxylation is 1. The van der Waals surface area contributed by atoms with Crippen LogP contribution in [0.1, 0.15) is 22.5 Å². The number of carbonyl (C=O) groups excluding carboxylic acids is 1. The first-order valence-corrected chi connectivity index (χ1v) is 5.59. The van der Waals surface area contributed by atoms with Gasteiger partial charge in [-0.15, -0.1) is 0 Å². The molecule has 0 spiro atoms. The van der Waals surface area contributed by atoms with Gasteiger partial charge >= 0.3 is 0 Å². The SMILES string of the molecule is O=C(NCCCc1ccccc1)c1ccon1. The number of hydrogen-bond acceptors (Lipinski definition) is 3. The monoisotopic (exact) mass is 230 g/mol. The lowest BCUT2D eigenvalue weighted by atomic mass is 10.1. The molecule has 0 unspecified atom stereocenters. The molecule has 0 fully saturated rings. The molecule has 4 heteroatoms. The summed E-state index contributed by atoms with van der Waals surface area (Å²) >= 11 is 0. The second-order valence-corrected chi connectivity index (χ2v) is 3.73. The molecule has 1 amide bonds. The predicted octanol–water partition coefficient (Wildman–Crippen LogP) is 2.04. The second-order valence-electron chi connectivity index (χ2n) is 3.73. The number of amides is 1. The highest BCUT2D eigenvalue weighted by molar-refractivity contribution is 5.91. The lowest BCUT2D eigenvalue weighted by Gasteiger charge is -2.03. The molecule has 88 valence electrons. The van der Waals surface area contributed by atoms with E-state index in [1.54, 1.807) is 6.07 Å². The molecule has 4 nitrogen and oxygen atoms in total. The quantitative estimate of drug-likeness (QED) is 0.800. The Kier molecular flexibility index (Phi) is 3.91. The van der Waals surface area contributed by atoms with Gasteiger partial charge < -0.3 is 9.84 Å². The highest BCUT2D eigenvalue weighted by Crippen LogP contribution is 2.01. The average Bonchev–Trinajstić information content (AvgIpc) is 2.89. The van der Waals surface area contributed by atoms with Crippen molar-refractivity contribution in [2.45, 2.75) is 12.8 Å². The first-order valence-electron chi connectivity index (χ1n) is 5.59. The number of carbonyl (C=O) groups is 1. The summed E-state index contributed by atoms with van der Waals surface area (Å²) in [4.78, 5) is 11.5. The molecule has 2 rings (SSSR count). The summed E-state index contributed by atoms with van der Waals surface area (Å²) in [5.41, 5.74) is 1.60. The summed E-state index contributed by atoms with van der Waals surface area (Å²) in [5.74, 6) is -0.188. The Morgan fingerprint density at radius 2 is 2.06 bits per heavy atom. The van der Waals surface area contributed by atoms with E-state index < -0.39 is 0 Å². The number of benzene rings is 1. The zero-order valence-corrected chi connectivity index (χ0v) is 9.43. The molecule has 0 bridgehead atoms. The van der Waals surface area contributed by atoms with Crippen molar-refractivity contribution in [3.05, 3.63) is 53.9 Å². The van der Waals surface area contributed by atoms with Gasteiger partial charge in [-0.05, 0) is 18.4 Å². The van der Waals surface area contributed by atoms with E-state index in [1.807, 2.05) is 18.2 Å². The van der Waals surface area contributed by atoms with Gasteiger partial charge in [0.2, 0.25) is 0 Å². The molecule has 0 saturated carbocycles. The Morgan fingerprint density at radius 3 is 2.76 bits per heavy atom. The van der Waals surface area contributed by atoms with Crippen molar-refractivity contribution >= 4 is 5.91 Å². The van der Waals surface area contributed by atoms with E-state index >= 15 is 0 Å². The molecule has 0 radical (unpaired) electrons. The van der Waals surface area contributed by atoms with Gasteiger partial charge in [-0.1, -0.05) is 35.5 Å². The van der Waals surface area contributed by atoms with Crippen LogP contribution in [0.3, 0.4) is 0 Å². The summed E-state index contributed by atoms with van der Waals surface area (Å²) in [6.07, 6.45) is 3.26. The van der Waals surface area contributed by atoms with Crippen LogP contribution in [0.25, 0.3) is 0 Å². The average molecular weight is 230 g/mol. The van der Waals surface area contributed by atoms with Crippen LogP contribution in [0.2, 0.25) is 0 Å². The molecule has 0 aliphatic carbocycles. The van der Waals surface area contributed by atoms with E-state index in [4.69, 9.17) is 0 Å². The molecule has 1 N–H and O–H groups in total. The van der Waals surface area contributed by atoms with Crippen molar-refractivity contribution in [3.63, 3.8) is 0 Å². The van der Waals surface area contributed by atoms with E-state index in [0.29, 0.717) is 12.2 Å². The fourth-order valence-corrected chi connectivity index (χ4v) is 1.56. The van der Waals surface area contributed by atoms with Crippen molar-refractivity contribution in [1.82, 2.24) is 10.5 Å². The number of aromatic nitrogens is 1. The number of rotatable bonds is 5. The van der Waals surface area contributed by atoms with Gasteiger partial charge in [-0.25, -0.2) is 0 Å². The maximum atomic E-state index is 11.5. The van der Waals surface area contributed by atoms with E-state index in [-0.39, 0.29) is 5.91 Å². The fourth-order valence-electron chi connectivity index (χ4n) is 1.56. The molecule has 1 heterocycles. The highest BCUT2D eigenvalue weighted by Gasteiger charge is 2.06. The van der Waals surface area contributed by atoms with E-state index in [9.17, 15) is 4.79 Å². The molecule has 0 aliphatic heterocycles. The van der Waals surface area contributed by atoms with E-state index in [2.05, 4.69) is 27.1 Å². The third-order valence-electron chi connectivity index (χ3n) is 2.44.